The normalized spacial score (nSPS) is 15.8. The summed E-state index contributed by atoms with van der Waals surface area (Å²) in [7, 11) is 0. The van der Waals surface area contributed by atoms with Crippen LogP contribution >= 0.6 is 11.6 Å². The SMILES string of the molecule is Cc1c(-c2ccccc2)oc2c(C(=O)O[C@@H](C)N3CCCCC3)cc(Cl)cc2c1=O. The van der Waals surface area contributed by atoms with E-state index in [2.05, 4.69) is 4.90 Å². The molecule has 1 aromatic heterocycles. The van der Waals surface area contributed by atoms with Gasteiger partial charge < -0.3 is 9.15 Å². The van der Waals surface area contributed by atoms with E-state index in [1.54, 1.807) is 6.92 Å². The zero-order valence-electron chi connectivity index (χ0n) is 17.1. The molecule has 5 nitrogen and oxygen atoms in total. The average Bonchev–Trinajstić information content (AvgIpc) is 2.77. The molecule has 6 heteroatoms. The molecular weight excluding hydrogens is 402 g/mol. The van der Waals surface area contributed by atoms with Crippen LogP contribution in [-0.2, 0) is 4.74 Å². The number of hydrogen-bond acceptors (Lipinski definition) is 5. The molecule has 0 aliphatic carbocycles. The van der Waals surface area contributed by atoms with Gasteiger partial charge in [-0.25, -0.2) is 4.79 Å². The fraction of sp³-hybridized carbons (Fsp3) is 0.333. The van der Waals surface area contributed by atoms with Crippen molar-refractivity contribution in [3.05, 3.63) is 68.8 Å². The predicted octanol–water partition coefficient (Wildman–Crippen LogP) is 5.41. The van der Waals surface area contributed by atoms with Crippen molar-refractivity contribution < 1.29 is 13.9 Å². The monoisotopic (exact) mass is 425 g/mol. The minimum atomic E-state index is -0.549. The maximum atomic E-state index is 13.0. The summed E-state index contributed by atoms with van der Waals surface area (Å²) in [5, 5.41) is 0.566. The molecule has 156 valence electrons. The largest absolute Gasteiger partial charge is 0.455 e. The molecule has 0 radical (unpaired) electrons. The minimum Gasteiger partial charge on any atom is -0.455 e. The second-order valence-corrected chi connectivity index (χ2v) is 8.12. The topological polar surface area (TPSA) is 59.8 Å². The van der Waals surface area contributed by atoms with Crippen LogP contribution in [0, 0.1) is 6.92 Å². The van der Waals surface area contributed by atoms with E-state index in [0.717, 1.165) is 31.5 Å². The molecule has 0 N–H and O–H groups in total. The summed E-state index contributed by atoms with van der Waals surface area (Å²) in [6.07, 6.45) is 3.02. The molecule has 2 heterocycles. The summed E-state index contributed by atoms with van der Waals surface area (Å²) in [6, 6.07) is 12.4. The van der Waals surface area contributed by atoms with Crippen LogP contribution in [0.2, 0.25) is 5.02 Å². The van der Waals surface area contributed by atoms with Gasteiger partial charge in [0.15, 0.2) is 17.2 Å². The van der Waals surface area contributed by atoms with Gasteiger partial charge in [0.05, 0.1) is 5.39 Å². The van der Waals surface area contributed by atoms with Gasteiger partial charge in [-0.2, -0.15) is 0 Å². The number of benzene rings is 2. The van der Waals surface area contributed by atoms with Gasteiger partial charge in [-0.15, -0.1) is 0 Å². The molecule has 1 fully saturated rings. The molecule has 0 saturated carbocycles. The van der Waals surface area contributed by atoms with Crippen LogP contribution in [0.3, 0.4) is 0 Å². The number of fused-ring (bicyclic) bond motifs is 1. The van der Waals surface area contributed by atoms with Gasteiger partial charge in [0.25, 0.3) is 0 Å². The van der Waals surface area contributed by atoms with Crippen molar-refractivity contribution >= 4 is 28.5 Å². The van der Waals surface area contributed by atoms with E-state index < -0.39 is 5.97 Å². The minimum absolute atomic E-state index is 0.163. The Morgan fingerprint density at radius 2 is 1.83 bits per heavy atom. The highest BCUT2D eigenvalue weighted by Crippen LogP contribution is 2.30. The van der Waals surface area contributed by atoms with Crippen molar-refractivity contribution in [3.8, 4) is 11.3 Å². The van der Waals surface area contributed by atoms with Crippen LogP contribution in [0.4, 0.5) is 0 Å². The van der Waals surface area contributed by atoms with Crippen molar-refractivity contribution in [2.24, 2.45) is 0 Å². The quantitative estimate of drug-likeness (QED) is 0.523. The fourth-order valence-corrected chi connectivity index (χ4v) is 4.17. The van der Waals surface area contributed by atoms with Gasteiger partial charge in [0, 0.05) is 29.2 Å². The Morgan fingerprint density at radius 3 is 2.53 bits per heavy atom. The molecule has 1 aliphatic rings. The molecule has 2 aromatic carbocycles. The van der Waals surface area contributed by atoms with E-state index in [-0.39, 0.29) is 28.2 Å². The molecule has 0 amide bonds. The first-order valence-electron chi connectivity index (χ1n) is 10.2. The van der Waals surface area contributed by atoms with Crippen molar-refractivity contribution in [2.45, 2.75) is 39.3 Å². The predicted molar refractivity (Wildman–Crippen MR) is 118 cm³/mol. The average molecular weight is 426 g/mol. The van der Waals surface area contributed by atoms with Crippen molar-refractivity contribution in [2.75, 3.05) is 13.1 Å². The Hall–Kier alpha value is -2.63. The van der Waals surface area contributed by atoms with E-state index in [1.807, 2.05) is 37.3 Å². The number of nitrogens with zero attached hydrogens (tertiary/aromatic N) is 1. The van der Waals surface area contributed by atoms with E-state index >= 15 is 0 Å². The Bertz CT molecular complexity index is 1130. The lowest BCUT2D eigenvalue weighted by Crippen LogP contribution is -2.40. The number of piperidine rings is 1. The number of halogens is 1. The zero-order valence-corrected chi connectivity index (χ0v) is 17.9. The van der Waals surface area contributed by atoms with Crippen LogP contribution in [-0.4, -0.2) is 30.2 Å². The number of likely N-dealkylation sites (tertiary alicyclic amines) is 1. The van der Waals surface area contributed by atoms with E-state index in [0.29, 0.717) is 16.3 Å². The molecule has 3 aromatic rings. The third-order valence-corrected chi connectivity index (χ3v) is 5.84. The molecule has 1 saturated heterocycles. The fourth-order valence-electron chi connectivity index (χ4n) is 3.95. The Balaban J connectivity index is 1.78. The first kappa shape index (κ1) is 20.6. The van der Waals surface area contributed by atoms with E-state index in [9.17, 15) is 9.59 Å². The number of ether oxygens (including phenoxy) is 1. The molecule has 30 heavy (non-hydrogen) atoms. The van der Waals surface area contributed by atoms with Crippen LogP contribution in [0.25, 0.3) is 22.3 Å². The van der Waals surface area contributed by atoms with Gasteiger partial charge in [0.1, 0.15) is 11.3 Å². The third-order valence-electron chi connectivity index (χ3n) is 5.62. The molecule has 0 unspecified atom stereocenters. The lowest BCUT2D eigenvalue weighted by molar-refractivity contribution is -0.0297. The third kappa shape index (κ3) is 4.00. The van der Waals surface area contributed by atoms with Crippen LogP contribution in [0.1, 0.15) is 42.1 Å². The maximum Gasteiger partial charge on any atom is 0.343 e. The zero-order chi connectivity index (χ0) is 21.3. The van der Waals surface area contributed by atoms with Gasteiger partial charge in [-0.3, -0.25) is 9.69 Å². The highest BCUT2D eigenvalue weighted by molar-refractivity contribution is 6.32. The summed E-state index contributed by atoms with van der Waals surface area (Å²) in [5.41, 5.74) is 1.39. The number of carbonyl (C=O) groups is 1. The molecular formula is C24H24ClNO4. The summed E-state index contributed by atoms with van der Waals surface area (Å²) in [4.78, 5) is 28.2. The Kier molecular flexibility index (Phi) is 5.93. The first-order chi connectivity index (χ1) is 14.5. The van der Waals surface area contributed by atoms with Crippen LogP contribution in [0.5, 0.6) is 0 Å². The lowest BCUT2D eigenvalue weighted by Gasteiger charge is -2.31. The summed E-state index contributed by atoms with van der Waals surface area (Å²) in [6.45, 7) is 5.38. The van der Waals surface area contributed by atoms with Gasteiger partial charge in [-0.1, -0.05) is 48.4 Å². The molecule has 0 bridgehead atoms. The van der Waals surface area contributed by atoms with Crippen LogP contribution in [0.15, 0.2) is 51.7 Å². The maximum absolute atomic E-state index is 13.0. The second kappa shape index (κ2) is 8.62. The Labute approximate surface area is 180 Å². The van der Waals surface area contributed by atoms with Crippen molar-refractivity contribution in [1.29, 1.82) is 0 Å². The van der Waals surface area contributed by atoms with Crippen molar-refractivity contribution in [1.82, 2.24) is 4.90 Å². The van der Waals surface area contributed by atoms with Gasteiger partial charge in [0.2, 0.25) is 0 Å². The molecule has 1 aliphatic heterocycles. The summed E-state index contributed by atoms with van der Waals surface area (Å²) in [5.74, 6) is -0.111. The summed E-state index contributed by atoms with van der Waals surface area (Å²) >= 11 is 6.24. The Morgan fingerprint density at radius 1 is 1.13 bits per heavy atom. The number of carbonyl (C=O) groups excluding carboxylic acids is 1. The smallest absolute Gasteiger partial charge is 0.343 e. The highest BCUT2D eigenvalue weighted by atomic mass is 35.5. The molecule has 4 rings (SSSR count). The van der Waals surface area contributed by atoms with Gasteiger partial charge in [-0.05, 0) is 38.8 Å². The molecule has 0 spiro atoms. The number of hydrogen-bond donors (Lipinski definition) is 0. The van der Waals surface area contributed by atoms with Gasteiger partial charge >= 0.3 is 5.97 Å². The standard InChI is InChI=1S/C24H24ClNO4/c1-15-21(27)19-13-18(25)14-20(23(19)30-22(15)17-9-5-3-6-10-17)24(28)29-16(2)26-11-7-4-8-12-26/h3,5-6,9-10,13-14,16H,4,7-8,11-12H2,1-2H3/t16-/m0/s1. The highest BCUT2D eigenvalue weighted by Gasteiger charge is 2.24. The van der Waals surface area contributed by atoms with Crippen LogP contribution < -0.4 is 5.43 Å². The lowest BCUT2D eigenvalue weighted by atomic mass is 10.0. The first-order valence-corrected chi connectivity index (χ1v) is 10.6. The summed E-state index contributed by atoms with van der Waals surface area (Å²) < 4.78 is 11.8. The number of esters is 1. The van der Waals surface area contributed by atoms with Crippen molar-refractivity contribution in [3.63, 3.8) is 0 Å². The number of rotatable bonds is 4. The molecule has 1 atom stereocenters. The van der Waals surface area contributed by atoms with E-state index in [4.69, 9.17) is 20.8 Å². The second-order valence-electron chi connectivity index (χ2n) is 7.68. The van der Waals surface area contributed by atoms with E-state index in [1.165, 1.54) is 18.6 Å².